The highest BCUT2D eigenvalue weighted by atomic mass is 35.5. The van der Waals surface area contributed by atoms with Crippen molar-refractivity contribution < 1.29 is 18.1 Å². The number of aromatic nitrogens is 1. The number of nitrogens with one attached hydrogen (secondary N) is 1. The van der Waals surface area contributed by atoms with Crippen LogP contribution in [0.4, 0.5) is 5.69 Å². The summed E-state index contributed by atoms with van der Waals surface area (Å²) in [4.78, 5) is 25.5. The molecule has 1 aliphatic rings. The van der Waals surface area contributed by atoms with Gasteiger partial charge in [0.25, 0.3) is 11.6 Å². The Bertz CT molecular complexity index is 716. The van der Waals surface area contributed by atoms with Crippen LogP contribution in [0.1, 0.15) is 10.4 Å². The van der Waals surface area contributed by atoms with Gasteiger partial charge in [-0.05, 0) is 12.1 Å². The molecule has 0 radical (unpaired) electrons. The zero-order valence-electron chi connectivity index (χ0n) is 9.82. The molecule has 0 saturated heterocycles. The first-order chi connectivity index (χ1) is 9.28. The summed E-state index contributed by atoms with van der Waals surface area (Å²) in [5.41, 5.74) is -0.774. The smallest absolute Gasteiger partial charge is 0.300 e. The molecule has 1 atom stereocenters. The third-order valence-corrected chi connectivity index (χ3v) is 4.14. The van der Waals surface area contributed by atoms with Crippen LogP contribution in [0.25, 0.3) is 0 Å². The molecule has 0 aromatic carbocycles. The maximum Gasteiger partial charge on any atom is 0.300 e. The summed E-state index contributed by atoms with van der Waals surface area (Å²) in [7, 11) is -3.33. The maximum absolute atomic E-state index is 12.0. The predicted octanol–water partition coefficient (Wildman–Crippen LogP) is 0.684. The third-order valence-electron chi connectivity index (χ3n) is 2.54. The van der Waals surface area contributed by atoms with Crippen molar-refractivity contribution >= 4 is 33.0 Å². The highest BCUT2D eigenvalue weighted by Gasteiger charge is 2.27. The average Bonchev–Trinajstić information content (AvgIpc) is 2.68. The Labute approximate surface area is 118 Å². The predicted molar refractivity (Wildman–Crippen MR) is 70.1 cm³/mol. The van der Waals surface area contributed by atoms with Crippen molar-refractivity contribution in [1.82, 2.24) is 10.3 Å². The fourth-order valence-corrected chi connectivity index (χ4v) is 3.05. The van der Waals surface area contributed by atoms with Gasteiger partial charge in [0, 0.05) is 5.41 Å². The second-order valence-electron chi connectivity index (χ2n) is 4.02. The minimum absolute atomic E-state index is 0.0738. The summed E-state index contributed by atoms with van der Waals surface area (Å²) >= 11 is 5.60. The zero-order valence-corrected chi connectivity index (χ0v) is 11.4. The molecule has 1 aromatic heterocycles. The molecule has 8 nitrogen and oxygen atoms in total. The lowest BCUT2D eigenvalue weighted by Gasteiger charge is -2.10. The number of rotatable bonds is 3. The van der Waals surface area contributed by atoms with E-state index in [-0.39, 0.29) is 16.5 Å². The number of nitrogens with zero attached hydrogens (tertiary/aromatic N) is 2. The number of hydrogen-bond donors (Lipinski definition) is 1. The van der Waals surface area contributed by atoms with Crippen LogP contribution in [0.5, 0.6) is 0 Å². The normalized spacial score (nSPS) is 19.8. The van der Waals surface area contributed by atoms with Gasteiger partial charge >= 0.3 is 0 Å². The number of sulfone groups is 1. The maximum atomic E-state index is 12.0. The van der Waals surface area contributed by atoms with Gasteiger partial charge < -0.3 is 5.32 Å². The zero-order chi connectivity index (χ0) is 14.9. The van der Waals surface area contributed by atoms with Gasteiger partial charge in [0.15, 0.2) is 9.84 Å². The number of hydrogen-bond acceptors (Lipinski definition) is 6. The van der Waals surface area contributed by atoms with E-state index in [0.29, 0.717) is 0 Å². The Morgan fingerprint density at radius 3 is 2.80 bits per heavy atom. The highest BCUT2D eigenvalue weighted by Crippen LogP contribution is 2.20. The lowest BCUT2D eigenvalue weighted by molar-refractivity contribution is -0.385. The van der Waals surface area contributed by atoms with Crippen molar-refractivity contribution in [2.45, 2.75) is 6.04 Å². The molecule has 10 heteroatoms. The lowest BCUT2D eigenvalue weighted by atomic mass is 10.2. The average molecular weight is 318 g/mol. The van der Waals surface area contributed by atoms with E-state index in [9.17, 15) is 23.3 Å². The standard InChI is InChI=1S/C10H8ClN3O5S/c11-9-3-7(8(4-12-9)14(16)17)10(15)13-6-1-2-20(18,19)5-6/h1-4,6H,5H2,(H,13,15). The van der Waals surface area contributed by atoms with E-state index in [2.05, 4.69) is 10.3 Å². The van der Waals surface area contributed by atoms with Crippen LogP contribution in [0, 0.1) is 10.1 Å². The first-order valence-electron chi connectivity index (χ1n) is 5.30. The molecule has 0 bridgehead atoms. The molecule has 2 rings (SSSR count). The van der Waals surface area contributed by atoms with E-state index < -0.39 is 32.4 Å². The van der Waals surface area contributed by atoms with Gasteiger partial charge in [-0.15, -0.1) is 0 Å². The second-order valence-corrected chi connectivity index (χ2v) is 6.34. The van der Waals surface area contributed by atoms with Crippen molar-refractivity contribution in [3.63, 3.8) is 0 Å². The van der Waals surface area contributed by atoms with Crippen LogP contribution in [-0.2, 0) is 9.84 Å². The van der Waals surface area contributed by atoms with E-state index >= 15 is 0 Å². The van der Waals surface area contributed by atoms with Gasteiger partial charge in [0.2, 0.25) is 0 Å². The summed E-state index contributed by atoms with van der Waals surface area (Å²) in [5, 5.41) is 14.1. The number of carbonyl (C=O) groups excluding carboxylic acids is 1. The molecule has 106 valence electrons. The second kappa shape index (κ2) is 5.17. The van der Waals surface area contributed by atoms with Gasteiger partial charge in [0.1, 0.15) is 16.9 Å². The fraction of sp³-hybridized carbons (Fsp3) is 0.200. The van der Waals surface area contributed by atoms with Crippen molar-refractivity contribution in [3.8, 4) is 0 Å². The molecule has 0 saturated carbocycles. The number of halogens is 1. The van der Waals surface area contributed by atoms with Gasteiger partial charge in [0.05, 0.1) is 16.7 Å². The molecule has 20 heavy (non-hydrogen) atoms. The number of carbonyl (C=O) groups is 1. The summed E-state index contributed by atoms with van der Waals surface area (Å²) in [6.07, 6.45) is 2.18. The SMILES string of the molecule is O=C(NC1C=CS(=O)(=O)C1)c1cc(Cl)ncc1[N+](=O)[O-]. The largest absolute Gasteiger partial charge is 0.345 e. The first kappa shape index (κ1) is 14.4. The van der Waals surface area contributed by atoms with Crippen LogP contribution in [-0.4, -0.2) is 36.0 Å². The van der Waals surface area contributed by atoms with Crippen LogP contribution in [0.15, 0.2) is 23.7 Å². The van der Waals surface area contributed by atoms with Gasteiger partial charge in [-0.2, -0.15) is 0 Å². The summed E-state index contributed by atoms with van der Waals surface area (Å²) in [6, 6.07) is 0.335. The molecular weight excluding hydrogens is 310 g/mol. The molecule has 1 amide bonds. The van der Waals surface area contributed by atoms with E-state index in [1.165, 1.54) is 6.08 Å². The summed E-state index contributed by atoms with van der Waals surface area (Å²) < 4.78 is 22.4. The minimum atomic E-state index is -3.33. The topological polar surface area (TPSA) is 119 Å². The Kier molecular flexibility index (Phi) is 3.73. The minimum Gasteiger partial charge on any atom is -0.345 e. The molecule has 1 aliphatic heterocycles. The van der Waals surface area contributed by atoms with Crippen LogP contribution in [0.3, 0.4) is 0 Å². The molecule has 0 fully saturated rings. The Morgan fingerprint density at radius 1 is 1.55 bits per heavy atom. The highest BCUT2D eigenvalue weighted by molar-refractivity contribution is 7.94. The summed E-state index contributed by atoms with van der Waals surface area (Å²) in [5.74, 6) is -1.06. The molecule has 0 spiro atoms. The molecular formula is C10H8ClN3O5S. The van der Waals surface area contributed by atoms with Crippen molar-refractivity contribution in [1.29, 1.82) is 0 Å². The Balaban J connectivity index is 2.24. The van der Waals surface area contributed by atoms with Crippen LogP contribution in [0.2, 0.25) is 5.15 Å². The van der Waals surface area contributed by atoms with E-state index in [0.717, 1.165) is 17.7 Å². The third kappa shape index (κ3) is 3.11. The van der Waals surface area contributed by atoms with Crippen molar-refractivity contribution in [2.24, 2.45) is 0 Å². The lowest BCUT2D eigenvalue weighted by Crippen LogP contribution is -2.35. The van der Waals surface area contributed by atoms with Crippen molar-refractivity contribution in [3.05, 3.63) is 44.6 Å². The molecule has 1 N–H and O–H groups in total. The van der Waals surface area contributed by atoms with Crippen molar-refractivity contribution in [2.75, 3.05) is 5.75 Å². The quantitative estimate of drug-likeness (QED) is 0.497. The number of nitro groups is 1. The number of pyridine rings is 1. The van der Waals surface area contributed by atoms with Gasteiger partial charge in [-0.3, -0.25) is 14.9 Å². The van der Waals surface area contributed by atoms with Gasteiger partial charge in [-0.25, -0.2) is 13.4 Å². The summed E-state index contributed by atoms with van der Waals surface area (Å²) in [6.45, 7) is 0. The fourth-order valence-electron chi connectivity index (χ4n) is 1.66. The molecule has 1 aromatic rings. The monoisotopic (exact) mass is 317 g/mol. The molecule has 1 unspecified atom stereocenters. The van der Waals surface area contributed by atoms with Crippen LogP contribution < -0.4 is 5.32 Å². The van der Waals surface area contributed by atoms with Crippen LogP contribution >= 0.6 is 11.6 Å². The Hall–Kier alpha value is -2.00. The molecule has 0 aliphatic carbocycles. The first-order valence-corrected chi connectivity index (χ1v) is 7.39. The van der Waals surface area contributed by atoms with E-state index in [4.69, 9.17) is 11.6 Å². The van der Waals surface area contributed by atoms with E-state index in [1.807, 2.05) is 0 Å². The molecule has 2 heterocycles. The van der Waals surface area contributed by atoms with E-state index in [1.54, 1.807) is 0 Å². The Morgan fingerprint density at radius 2 is 2.25 bits per heavy atom. The van der Waals surface area contributed by atoms with Gasteiger partial charge in [-0.1, -0.05) is 11.6 Å². The number of amides is 1.